The predicted molar refractivity (Wildman–Crippen MR) is 89.9 cm³/mol. The summed E-state index contributed by atoms with van der Waals surface area (Å²) in [7, 11) is 0. The molecule has 0 unspecified atom stereocenters. The van der Waals surface area contributed by atoms with Crippen molar-refractivity contribution < 1.29 is 4.42 Å². The van der Waals surface area contributed by atoms with Crippen LogP contribution in [0.5, 0.6) is 0 Å². The highest BCUT2D eigenvalue weighted by Crippen LogP contribution is 2.23. The molecular weight excluding hydrogens is 359 g/mol. The lowest BCUT2D eigenvalue weighted by Crippen LogP contribution is -1.93. The molecule has 0 atom stereocenters. The van der Waals surface area contributed by atoms with Gasteiger partial charge in [-0.3, -0.25) is 0 Å². The number of hydrogen-bond donors (Lipinski definition) is 0. The molecule has 0 aliphatic carbocycles. The second kappa shape index (κ2) is 6.27. The second-order valence-electron chi connectivity index (χ2n) is 4.82. The molecule has 0 N–H and O–H groups in total. The average Bonchev–Trinajstić information content (AvgIpc) is 2.81. The zero-order chi connectivity index (χ0) is 13.8. The van der Waals surface area contributed by atoms with Gasteiger partial charge in [-0.05, 0) is 45.3 Å². The summed E-state index contributed by atoms with van der Waals surface area (Å²) in [6.07, 6.45) is 1.78. The standard InChI is InChI=1S/C18H15IO/c19-18-13-16(11-14-7-3-1-4-8-14)17(20-18)12-15-9-5-2-6-10-15/h1-10,13H,11-12H2. The van der Waals surface area contributed by atoms with Crippen LogP contribution >= 0.6 is 22.6 Å². The highest BCUT2D eigenvalue weighted by atomic mass is 127. The Morgan fingerprint density at radius 3 is 1.90 bits per heavy atom. The average molecular weight is 374 g/mol. The van der Waals surface area contributed by atoms with Crippen molar-refractivity contribution in [1.29, 1.82) is 0 Å². The molecule has 100 valence electrons. The monoisotopic (exact) mass is 374 g/mol. The zero-order valence-corrected chi connectivity index (χ0v) is 13.2. The minimum absolute atomic E-state index is 0.853. The normalized spacial score (nSPS) is 10.7. The van der Waals surface area contributed by atoms with Gasteiger partial charge in [-0.2, -0.15) is 0 Å². The minimum atomic E-state index is 0.853. The molecule has 1 aromatic heterocycles. The molecule has 2 heteroatoms. The Balaban J connectivity index is 1.85. The molecule has 1 nitrogen and oxygen atoms in total. The van der Waals surface area contributed by atoms with Gasteiger partial charge in [-0.25, -0.2) is 0 Å². The van der Waals surface area contributed by atoms with Crippen LogP contribution in [0.3, 0.4) is 0 Å². The lowest BCUT2D eigenvalue weighted by molar-refractivity contribution is 0.492. The van der Waals surface area contributed by atoms with Gasteiger partial charge < -0.3 is 4.42 Å². The van der Waals surface area contributed by atoms with E-state index in [1.54, 1.807) is 0 Å². The van der Waals surface area contributed by atoms with Gasteiger partial charge in [-0.15, -0.1) is 0 Å². The van der Waals surface area contributed by atoms with Gasteiger partial charge in [0.15, 0.2) is 3.77 Å². The van der Waals surface area contributed by atoms with Gasteiger partial charge in [0.05, 0.1) is 0 Å². The summed E-state index contributed by atoms with van der Waals surface area (Å²) < 4.78 is 6.84. The third-order valence-corrected chi connectivity index (χ3v) is 3.84. The van der Waals surface area contributed by atoms with Crippen molar-refractivity contribution in [1.82, 2.24) is 0 Å². The fourth-order valence-electron chi connectivity index (χ4n) is 2.33. The Labute approximate surface area is 132 Å². The molecule has 0 fully saturated rings. The van der Waals surface area contributed by atoms with E-state index in [1.165, 1.54) is 16.7 Å². The fraction of sp³-hybridized carbons (Fsp3) is 0.111. The number of halogens is 1. The van der Waals surface area contributed by atoms with Crippen LogP contribution in [0, 0.1) is 3.77 Å². The molecule has 0 saturated heterocycles. The molecule has 0 aliphatic heterocycles. The SMILES string of the molecule is Ic1cc(Cc2ccccc2)c(Cc2ccccc2)o1. The van der Waals surface area contributed by atoms with E-state index in [2.05, 4.69) is 77.2 Å². The number of furan rings is 1. The Hall–Kier alpha value is -1.55. The second-order valence-corrected chi connectivity index (χ2v) is 5.89. The topological polar surface area (TPSA) is 13.1 Å². The first-order valence-corrected chi connectivity index (χ1v) is 7.74. The Kier molecular flexibility index (Phi) is 4.21. The van der Waals surface area contributed by atoms with Crippen LogP contribution in [0.2, 0.25) is 0 Å². The predicted octanol–water partition coefficient (Wildman–Crippen LogP) is 5.07. The van der Waals surface area contributed by atoms with Crippen molar-refractivity contribution >= 4 is 22.6 Å². The summed E-state index contributed by atoms with van der Waals surface area (Å²) in [6.45, 7) is 0. The van der Waals surface area contributed by atoms with E-state index < -0.39 is 0 Å². The fourth-order valence-corrected chi connectivity index (χ4v) is 2.97. The molecule has 3 aromatic rings. The van der Waals surface area contributed by atoms with Crippen LogP contribution < -0.4 is 0 Å². The van der Waals surface area contributed by atoms with Crippen molar-refractivity contribution in [3.63, 3.8) is 0 Å². The first kappa shape index (κ1) is 13.4. The third kappa shape index (κ3) is 3.31. The summed E-state index contributed by atoms with van der Waals surface area (Å²) in [5.41, 5.74) is 3.89. The maximum atomic E-state index is 5.88. The third-order valence-electron chi connectivity index (χ3n) is 3.31. The summed E-state index contributed by atoms with van der Waals surface area (Å²) in [4.78, 5) is 0. The van der Waals surface area contributed by atoms with Crippen molar-refractivity contribution in [2.24, 2.45) is 0 Å². The molecule has 1 heterocycles. The van der Waals surface area contributed by atoms with Crippen molar-refractivity contribution in [3.8, 4) is 0 Å². The summed E-state index contributed by atoms with van der Waals surface area (Å²) in [5.74, 6) is 1.07. The maximum absolute atomic E-state index is 5.88. The number of hydrogen-bond acceptors (Lipinski definition) is 1. The van der Waals surface area contributed by atoms with E-state index >= 15 is 0 Å². The smallest absolute Gasteiger partial charge is 0.164 e. The van der Waals surface area contributed by atoms with Crippen LogP contribution in [-0.4, -0.2) is 0 Å². The van der Waals surface area contributed by atoms with E-state index in [1.807, 2.05) is 12.1 Å². The van der Waals surface area contributed by atoms with Gasteiger partial charge in [0.1, 0.15) is 5.76 Å². The molecule has 0 amide bonds. The van der Waals surface area contributed by atoms with Crippen molar-refractivity contribution in [3.05, 3.63) is 92.9 Å². The molecule has 0 bridgehead atoms. The lowest BCUT2D eigenvalue weighted by atomic mass is 10.0. The Morgan fingerprint density at radius 2 is 1.30 bits per heavy atom. The first-order valence-electron chi connectivity index (χ1n) is 6.66. The number of rotatable bonds is 4. The van der Waals surface area contributed by atoms with E-state index in [9.17, 15) is 0 Å². The van der Waals surface area contributed by atoms with Gasteiger partial charge >= 0.3 is 0 Å². The van der Waals surface area contributed by atoms with Gasteiger partial charge in [0.2, 0.25) is 0 Å². The lowest BCUT2D eigenvalue weighted by Gasteiger charge is -2.03. The Morgan fingerprint density at radius 1 is 0.750 bits per heavy atom. The molecule has 0 saturated carbocycles. The zero-order valence-electron chi connectivity index (χ0n) is 11.1. The van der Waals surface area contributed by atoms with Gasteiger partial charge in [-0.1, -0.05) is 60.7 Å². The molecule has 0 spiro atoms. The van der Waals surface area contributed by atoms with Crippen LogP contribution in [0.25, 0.3) is 0 Å². The van der Waals surface area contributed by atoms with Crippen LogP contribution in [0.1, 0.15) is 22.5 Å². The van der Waals surface area contributed by atoms with Crippen molar-refractivity contribution in [2.45, 2.75) is 12.8 Å². The van der Waals surface area contributed by atoms with E-state index in [-0.39, 0.29) is 0 Å². The molecule has 0 radical (unpaired) electrons. The van der Waals surface area contributed by atoms with Crippen LogP contribution in [0.4, 0.5) is 0 Å². The molecule has 2 aromatic carbocycles. The highest BCUT2D eigenvalue weighted by molar-refractivity contribution is 14.1. The van der Waals surface area contributed by atoms with Crippen molar-refractivity contribution in [2.75, 3.05) is 0 Å². The highest BCUT2D eigenvalue weighted by Gasteiger charge is 2.11. The maximum Gasteiger partial charge on any atom is 0.164 e. The van der Waals surface area contributed by atoms with Crippen LogP contribution in [0.15, 0.2) is 71.1 Å². The summed E-state index contributed by atoms with van der Waals surface area (Å²) >= 11 is 2.25. The largest absolute Gasteiger partial charge is 0.455 e. The summed E-state index contributed by atoms with van der Waals surface area (Å²) in [5, 5.41) is 0. The molecule has 20 heavy (non-hydrogen) atoms. The summed E-state index contributed by atoms with van der Waals surface area (Å²) in [6, 6.07) is 23.1. The molecule has 3 rings (SSSR count). The minimum Gasteiger partial charge on any atom is -0.455 e. The van der Waals surface area contributed by atoms with Gasteiger partial charge in [0, 0.05) is 12.8 Å². The number of benzene rings is 2. The Bertz CT molecular complexity index is 612. The van der Waals surface area contributed by atoms with E-state index in [4.69, 9.17) is 4.42 Å². The van der Waals surface area contributed by atoms with Crippen LogP contribution in [-0.2, 0) is 12.8 Å². The van der Waals surface area contributed by atoms with E-state index in [0.29, 0.717) is 0 Å². The first-order chi connectivity index (χ1) is 9.81. The molecular formula is C18H15IO. The molecule has 0 aliphatic rings. The quantitative estimate of drug-likeness (QED) is 0.582. The van der Waals surface area contributed by atoms with Gasteiger partial charge in [0.25, 0.3) is 0 Å². The van der Waals surface area contributed by atoms with E-state index in [0.717, 1.165) is 22.4 Å².